The van der Waals surface area contributed by atoms with Crippen molar-refractivity contribution in [2.24, 2.45) is 11.0 Å². The van der Waals surface area contributed by atoms with Crippen molar-refractivity contribution in [1.82, 2.24) is 0 Å². The highest BCUT2D eigenvalue weighted by molar-refractivity contribution is 6.49. The van der Waals surface area contributed by atoms with Crippen molar-refractivity contribution in [3.05, 3.63) is 48.5 Å². The lowest BCUT2D eigenvalue weighted by atomic mass is 9.95. The van der Waals surface area contributed by atoms with Gasteiger partial charge in [-0.3, -0.25) is 19.4 Å². The number of nitrogens with zero attached hydrogens (tertiary/aromatic N) is 3. The number of rotatable bonds is 5. The number of fused-ring (bicyclic) bond motifs is 1. The minimum absolute atomic E-state index is 0.0709. The largest absolute Gasteiger partial charge is 0.497 e. The summed E-state index contributed by atoms with van der Waals surface area (Å²) in [6, 6.07) is 12.8. The molecular weight excluding hydrogens is 374 g/mol. The predicted octanol–water partition coefficient (Wildman–Crippen LogP) is 2.03. The van der Waals surface area contributed by atoms with Crippen molar-refractivity contribution in [2.75, 3.05) is 24.1 Å². The Morgan fingerprint density at radius 3 is 2.28 bits per heavy atom. The lowest BCUT2D eigenvalue weighted by molar-refractivity contribution is -0.122. The molecule has 29 heavy (non-hydrogen) atoms. The normalized spacial score (nSPS) is 20.6. The van der Waals surface area contributed by atoms with Crippen LogP contribution < -0.4 is 19.4 Å². The molecule has 1 saturated heterocycles. The highest BCUT2D eigenvalue weighted by Crippen LogP contribution is 2.40. The van der Waals surface area contributed by atoms with E-state index in [1.54, 1.807) is 55.6 Å². The fourth-order valence-electron chi connectivity index (χ4n) is 3.70. The third-order valence-corrected chi connectivity index (χ3v) is 5.07. The summed E-state index contributed by atoms with van der Waals surface area (Å²) in [5.41, 5.74) is 0.999. The van der Waals surface area contributed by atoms with Crippen molar-refractivity contribution >= 4 is 34.7 Å². The molecule has 148 valence electrons. The van der Waals surface area contributed by atoms with Gasteiger partial charge in [0.25, 0.3) is 5.91 Å². The first-order chi connectivity index (χ1) is 14.0. The molecule has 0 aromatic heterocycles. The van der Waals surface area contributed by atoms with Crippen molar-refractivity contribution in [3.8, 4) is 11.5 Å². The minimum Gasteiger partial charge on any atom is -0.497 e. The van der Waals surface area contributed by atoms with Crippen molar-refractivity contribution in [3.63, 3.8) is 0 Å². The number of carbonyl (C=O) groups excluding carboxylic acids is 3. The molecule has 0 bridgehead atoms. The fourth-order valence-corrected chi connectivity index (χ4v) is 3.70. The standard InChI is InChI=1S/C21H19N3O5/c1-12(25)18-17-19(24(22-18)13-8-10-14(28-2)11-9-13)21(27)23(20(17)26)15-6-4-5-7-16(15)29-3/h4-11,17,19H,1-3H3/t17-,19+/m1/s1. The Balaban J connectivity index is 1.79. The van der Waals surface area contributed by atoms with Gasteiger partial charge in [0.1, 0.15) is 29.2 Å². The van der Waals surface area contributed by atoms with E-state index in [9.17, 15) is 14.4 Å². The number of anilines is 2. The minimum atomic E-state index is -0.966. The molecule has 2 aromatic carbocycles. The van der Waals surface area contributed by atoms with Crippen LogP contribution in [-0.4, -0.2) is 43.6 Å². The van der Waals surface area contributed by atoms with E-state index >= 15 is 0 Å². The second kappa shape index (κ2) is 7.05. The van der Waals surface area contributed by atoms with Crippen LogP contribution >= 0.6 is 0 Å². The van der Waals surface area contributed by atoms with Gasteiger partial charge in [0, 0.05) is 6.92 Å². The van der Waals surface area contributed by atoms with Crippen LogP contribution in [0.15, 0.2) is 53.6 Å². The number of hydrogen-bond donors (Lipinski definition) is 0. The molecule has 0 radical (unpaired) electrons. The third-order valence-electron chi connectivity index (χ3n) is 5.07. The summed E-state index contributed by atoms with van der Waals surface area (Å²) >= 11 is 0. The van der Waals surface area contributed by atoms with Gasteiger partial charge >= 0.3 is 0 Å². The summed E-state index contributed by atoms with van der Waals surface area (Å²) in [5.74, 6) is -1.22. The van der Waals surface area contributed by atoms with Crippen molar-refractivity contribution in [2.45, 2.75) is 13.0 Å². The first-order valence-electron chi connectivity index (χ1n) is 9.01. The van der Waals surface area contributed by atoms with E-state index < -0.39 is 23.8 Å². The van der Waals surface area contributed by atoms with Gasteiger partial charge in [-0.15, -0.1) is 0 Å². The van der Waals surface area contributed by atoms with Gasteiger partial charge in [0.2, 0.25) is 5.91 Å². The average Bonchev–Trinajstić information content (AvgIpc) is 3.25. The van der Waals surface area contributed by atoms with Gasteiger partial charge in [0.05, 0.1) is 25.6 Å². The van der Waals surface area contributed by atoms with Crippen LogP contribution in [0.25, 0.3) is 0 Å². The van der Waals surface area contributed by atoms with E-state index in [4.69, 9.17) is 9.47 Å². The molecule has 0 aliphatic carbocycles. The molecule has 2 aliphatic rings. The Labute approximate surface area is 167 Å². The Morgan fingerprint density at radius 2 is 1.66 bits per heavy atom. The molecule has 0 unspecified atom stereocenters. The van der Waals surface area contributed by atoms with Crippen LogP contribution in [0.3, 0.4) is 0 Å². The Morgan fingerprint density at radius 1 is 0.966 bits per heavy atom. The summed E-state index contributed by atoms with van der Waals surface area (Å²) in [5, 5.41) is 5.77. The molecule has 2 aliphatic heterocycles. The number of ether oxygens (including phenoxy) is 2. The molecule has 2 amide bonds. The molecule has 0 saturated carbocycles. The molecule has 1 fully saturated rings. The molecule has 2 aromatic rings. The van der Waals surface area contributed by atoms with Crippen LogP contribution in [0.5, 0.6) is 11.5 Å². The summed E-state index contributed by atoms with van der Waals surface area (Å²) in [4.78, 5) is 39.9. The maximum atomic E-state index is 13.3. The highest BCUT2D eigenvalue weighted by Gasteiger charge is 2.58. The Kier molecular flexibility index (Phi) is 4.54. The first kappa shape index (κ1) is 18.7. The van der Waals surface area contributed by atoms with Crippen LogP contribution in [0.1, 0.15) is 6.92 Å². The van der Waals surface area contributed by atoms with Crippen molar-refractivity contribution in [1.29, 1.82) is 0 Å². The summed E-state index contributed by atoms with van der Waals surface area (Å²) < 4.78 is 10.5. The number of methoxy groups -OCH3 is 2. The lowest BCUT2D eigenvalue weighted by Crippen LogP contribution is -2.39. The number of hydrazone groups is 1. The number of benzene rings is 2. The summed E-state index contributed by atoms with van der Waals surface area (Å²) in [6.45, 7) is 1.34. The molecule has 0 spiro atoms. The van der Waals surface area contributed by atoms with Gasteiger partial charge in [-0.1, -0.05) is 12.1 Å². The maximum Gasteiger partial charge on any atom is 0.260 e. The van der Waals surface area contributed by atoms with Gasteiger partial charge in [-0.05, 0) is 36.4 Å². The zero-order valence-electron chi connectivity index (χ0n) is 16.2. The topological polar surface area (TPSA) is 88.5 Å². The zero-order valence-corrected chi connectivity index (χ0v) is 16.2. The van der Waals surface area contributed by atoms with Crippen LogP contribution in [-0.2, 0) is 14.4 Å². The van der Waals surface area contributed by atoms with Crippen LogP contribution in [0, 0.1) is 5.92 Å². The van der Waals surface area contributed by atoms with E-state index in [1.807, 2.05) is 0 Å². The van der Waals surface area contributed by atoms with E-state index in [0.29, 0.717) is 22.9 Å². The molecule has 8 heteroatoms. The molecule has 2 atom stereocenters. The van der Waals surface area contributed by atoms with Crippen molar-refractivity contribution < 1.29 is 23.9 Å². The second-order valence-electron chi connectivity index (χ2n) is 6.69. The third kappa shape index (κ3) is 2.84. The van der Waals surface area contributed by atoms with E-state index in [0.717, 1.165) is 4.90 Å². The molecule has 2 heterocycles. The monoisotopic (exact) mass is 393 g/mol. The maximum absolute atomic E-state index is 13.3. The summed E-state index contributed by atoms with van der Waals surface area (Å²) in [6.07, 6.45) is 0. The Bertz CT molecular complexity index is 1030. The average molecular weight is 393 g/mol. The van der Waals surface area contributed by atoms with Crippen LogP contribution in [0.2, 0.25) is 0 Å². The first-order valence-corrected chi connectivity index (χ1v) is 9.01. The lowest BCUT2D eigenvalue weighted by Gasteiger charge is -2.23. The molecule has 8 nitrogen and oxygen atoms in total. The van der Waals surface area contributed by atoms with Crippen LogP contribution in [0.4, 0.5) is 11.4 Å². The highest BCUT2D eigenvalue weighted by atomic mass is 16.5. The molecule has 0 N–H and O–H groups in total. The smallest absolute Gasteiger partial charge is 0.260 e. The number of carbonyl (C=O) groups is 3. The number of hydrogen-bond acceptors (Lipinski definition) is 7. The fraction of sp³-hybridized carbons (Fsp3) is 0.238. The number of ketones is 1. The number of para-hydroxylation sites is 2. The quantitative estimate of drug-likeness (QED) is 0.723. The SMILES string of the molecule is COc1ccc(N2N=C(C(C)=O)[C@H]3C(=O)N(c4ccccc4OC)C(=O)[C@H]32)cc1. The number of Topliss-reactive ketones (excluding diaryl/α,β-unsaturated/α-hetero) is 1. The van der Waals surface area contributed by atoms with Gasteiger partial charge < -0.3 is 9.47 Å². The Hall–Kier alpha value is -3.68. The summed E-state index contributed by atoms with van der Waals surface area (Å²) in [7, 11) is 3.02. The van der Waals surface area contributed by atoms with Gasteiger partial charge in [-0.25, -0.2) is 4.90 Å². The number of amides is 2. The molecule has 4 rings (SSSR count). The van der Waals surface area contributed by atoms with Gasteiger partial charge in [0.15, 0.2) is 5.78 Å². The second-order valence-corrected chi connectivity index (χ2v) is 6.69. The molecular formula is C21H19N3O5. The van der Waals surface area contributed by atoms with Gasteiger partial charge in [-0.2, -0.15) is 5.10 Å². The van der Waals surface area contributed by atoms with E-state index in [2.05, 4.69) is 5.10 Å². The zero-order chi connectivity index (χ0) is 20.7. The predicted molar refractivity (Wildman–Crippen MR) is 106 cm³/mol. The number of imide groups is 1. The van der Waals surface area contributed by atoms with E-state index in [1.165, 1.54) is 19.0 Å². The van der Waals surface area contributed by atoms with E-state index in [-0.39, 0.29) is 11.5 Å².